The van der Waals surface area contributed by atoms with Gasteiger partial charge in [-0.05, 0) is 37.1 Å². The molecule has 3 rings (SSSR count). The van der Waals surface area contributed by atoms with Crippen molar-refractivity contribution in [2.24, 2.45) is 0 Å². The number of anilines is 2. The smallest absolute Gasteiger partial charge is 0.316 e. The Morgan fingerprint density at radius 1 is 1.00 bits per heavy atom. The molecule has 2 heterocycles. The first-order chi connectivity index (χ1) is 12.1. The van der Waals surface area contributed by atoms with Crippen molar-refractivity contribution < 1.29 is 9.59 Å². The lowest BCUT2D eigenvalue weighted by molar-refractivity contribution is -0.143. The van der Waals surface area contributed by atoms with Crippen LogP contribution in [0, 0.1) is 13.8 Å². The number of aryl methyl sites for hydroxylation is 1. The van der Waals surface area contributed by atoms with E-state index in [1.807, 2.05) is 6.07 Å². The molecule has 7 nitrogen and oxygen atoms in total. The molecule has 0 bridgehead atoms. The highest BCUT2D eigenvalue weighted by Crippen LogP contribution is 2.23. The molecule has 130 valence electrons. The summed E-state index contributed by atoms with van der Waals surface area (Å²) in [5, 5.41) is 2.43. The van der Waals surface area contributed by atoms with Crippen molar-refractivity contribution in [3.63, 3.8) is 0 Å². The normalized spacial score (nSPS) is 14.3. The molecule has 0 aliphatic carbocycles. The summed E-state index contributed by atoms with van der Waals surface area (Å²) in [4.78, 5) is 36.0. The van der Waals surface area contributed by atoms with E-state index in [2.05, 4.69) is 46.2 Å². The number of nitrogens with zero attached hydrogens (tertiary/aromatic N) is 4. The molecule has 25 heavy (non-hydrogen) atoms. The van der Waals surface area contributed by atoms with Crippen molar-refractivity contribution in [3.8, 4) is 0 Å². The van der Waals surface area contributed by atoms with E-state index in [-0.39, 0.29) is 5.95 Å². The predicted octanol–water partition coefficient (Wildman–Crippen LogP) is 1.38. The maximum Gasteiger partial charge on any atom is 0.316 e. The van der Waals surface area contributed by atoms with E-state index in [0.717, 1.165) is 0 Å². The summed E-state index contributed by atoms with van der Waals surface area (Å²) in [7, 11) is 0. The van der Waals surface area contributed by atoms with Gasteiger partial charge in [0.25, 0.3) is 0 Å². The van der Waals surface area contributed by atoms with E-state index in [0.29, 0.717) is 26.2 Å². The Morgan fingerprint density at radius 3 is 2.36 bits per heavy atom. The third kappa shape index (κ3) is 3.76. The average molecular weight is 339 g/mol. The number of piperazine rings is 1. The SMILES string of the molecule is Cc1cccc(N2CCN(C(=O)C(=O)Nc3ncccn3)CC2)c1C. The third-order valence-corrected chi connectivity index (χ3v) is 4.47. The number of amides is 2. The maximum atomic E-state index is 12.3. The number of rotatable bonds is 2. The molecule has 1 fully saturated rings. The molecule has 1 saturated heterocycles. The molecule has 1 aliphatic heterocycles. The van der Waals surface area contributed by atoms with Crippen LogP contribution in [0.15, 0.2) is 36.7 Å². The Labute approximate surface area is 146 Å². The van der Waals surface area contributed by atoms with Crippen LogP contribution in [0.3, 0.4) is 0 Å². The quantitative estimate of drug-likeness (QED) is 0.837. The Morgan fingerprint density at radius 2 is 1.68 bits per heavy atom. The molecule has 7 heteroatoms. The van der Waals surface area contributed by atoms with Gasteiger partial charge in [0.2, 0.25) is 5.95 Å². The lowest BCUT2D eigenvalue weighted by Gasteiger charge is -2.36. The number of aromatic nitrogens is 2. The Bertz CT molecular complexity index is 770. The number of nitrogens with one attached hydrogen (secondary N) is 1. The highest BCUT2D eigenvalue weighted by atomic mass is 16.2. The second-order valence-electron chi connectivity index (χ2n) is 6.02. The topological polar surface area (TPSA) is 78.4 Å². The van der Waals surface area contributed by atoms with Crippen LogP contribution < -0.4 is 10.2 Å². The fourth-order valence-corrected chi connectivity index (χ4v) is 2.89. The summed E-state index contributed by atoms with van der Waals surface area (Å²) in [6, 6.07) is 7.88. The van der Waals surface area contributed by atoms with Gasteiger partial charge in [-0.15, -0.1) is 0 Å². The van der Waals surface area contributed by atoms with E-state index < -0.39 is 11.8 Å². The molecule has 2 aromatic rings. The fraction of sp³-hybridized carbons (Fsp3) is 0.333. The van der Waals surface area contributed by atoms with Gasteiger partial charge in [0.1, 0.15) is 0 Å². The first-order valence-electron chi connectivity index (χ1n) is 8.24. The first-order valence-corrected chi connectivity index (χ1v) is 8.24. The lowest BCUT2D eigenvalue weighted by Crippen LogP contribution is -2.51. The number of hydrogen-bond donors (Lipinski definition) is 1. The summed E-state index contributed by atoms with van der Waals surface area (Å²) in [6.07, 6.45) is 3.02. The summed E-state index contributed by atoms with van der Waals surface area (Å²) >= 11 is 0. The van der Waals surface area contributed by atoms with Gasteiger partial charge in [0.05, 0.1) is 0 Å². The summed E-state index contributed by atoms with van der Waals surface area (Å²) in [5.74, 6) is -1.12. The average Bonchev–Trinajstić information content (AvgIpc) is 2.64. The van der Waals surface area contributed by atoms with Gasteiger partial charge in [-0.2, -0.15) is 0 Å². The van der Waals surface area contributed by atoms with Gasteiger partial charge in [0.15, 0.2) is 0 Å². The molecule has 0 radical (unpaired) electrons. The van der Waals surface area contributed by atoms with Crippen molar-refractivity contribution in [2.45, 2.75) is 13.8 Å². The van der Waals surface area contributed by atoms with E-state index in [1.54, 1.807) is 11.0 Å². The van der Waals surface area contributed by atoms with Crippen LogP contribution in [0.4, 0.5) is 11.6 Å². The Hall–Kier alpha value is -2.96. The minimum Gasteiger partial charge on any atom is -0.368 e. The van der Waals surface area contributed by atoms with Gasteiger partial charge >= 0.3 is 11.8 Å². The van der Waals surface area contributed by atoms with E-state index in [4.69, 9.17) is 0 Å². The molecular formula is C18H21N5O2. The van der Waals surface area contributed by atoms with Gasteiger partial charge in [-0.1, -0.05) is 12.1 Å². The summed E-state index contributed by atoms with van der Waals surface area (Å²) in [5.41, 5.74) is 3.69. The van der Waals surface area contributed by atoms with E-state index in [1.165, 1.54) is 29.2 Å². The molecule has 1 N–H and O–H groups in total. The van der Waals surface area contributed by atoms with Gasteiger partial charge < -0.3 is 9.80 Å². The number of carbonyl (C=O) groups is 2. The van der Waals surface area contributed by atoms with E-state index in [9.17, 15) is 9.59 Å². The molecule has 1 aliphatic rings. The Kier molecular flexibility index (Phi) is 4.92. The number of hydrogen-bond acceptors (Lipinski definition) is 5. The van der Waals surface area contributed by atoms with Crippen LogP contribution in [0.25, 0.3) is 0 Å². The Balaban J connectivity index is 1.59. The second-order valence-corrected chi connectivity index (χ2v) is 6.02. The molecule has 0 atom stereocenters. The third-order valence-electron chi connectivity index (χ3n) is 4.47. The second kappa shape index (κ2) is 7.29. The molecule has 1 aromatic heterocycles. The zero-order valence-electron chi connectivity index (χ0n) is 14.4. The van der Waals surface area contributed by atoms with Crippen molar-refractivity contribution in [2.75, 3.05) is 36.4 Å². The number of carbonyl (C=O) groups excluding carboxylic acids is 2. The largest absolute Gasteiger partial charge is 0.368 e. The van der Waals surface area contributed by atoms with Crippen LogP contribution in [-0.2, 0) is 9.59 Å². The van der Waals surface area contributed by atoms with Crippen molar-refractivity contribution >= 4 is 23.5 Å². The van der Waals surface area contributed by atoms with E-state index >= 15 is 0 Å². The lowest BCUT2D eigenvalue weighted by atomic mass is 10.1. The predicted molar refractivity (Wildman–Crippen MR) is 95.4 cm³/mol. The van der Waals surface area contributed by atoms with Crippen molar-refractivity contribution in [1.82, 2.24) is 14.9 Å². The standard InChI is InChI=1S/C18H21N5O2/c1-13-5-3-6-15(14(13)2)22-9-11-23(12-10-22)17(25)16(24)21-18-19-7-4-8-20-18/h3-8H,9-12H2,1-2H3,(H,19,20,21,24). The molecule has 0 unspecified atom stereocenters. The maximum absolute atomic E-state index is 12.3. The highest BCUT2D eigenvalue weighted by molar-refractivity contribution is 6.39. The molecular weight excluding hydrogens is 318 g/mol. The minimum absolute atomic E-state index is 0.134. The molecule has 0 saturated carbocycles. The van der Waals surface area contributed by atoms with Crippen LogP contribution in [0.2, 0.25) is 0 Å². The molecule has 1 aromatic carbocycles. The molecule has 2 amide bonds. The van der Waals surface area contributed by atoms with Crippen LogP contribution in [0.5, 0.6) is 0 Å². The zero-order valence-corrected chi connectivity index (χ0v) is 14.4. The summed E-state index contributed by atoms with van der Waals surface area (Å²) < 4.78 is 0. The fourth-order valence-electron chi connectivity index (χ4n) is 2.89. The van der Waals surface area contributed by atoms with Crippen molar-refractivity contribution in [3.05, 3.63) is 47.8 Å². The van der Waals surface area contributed by atoms with Crippen LogP contribution in [0.1, 0.15) is 11.1 Å². The van der Waals surface area contributed by atoms with Crippen molar-refractivity contribution in [1.29, 1.82) is 0 Å². The van der Waals surface area contributed by atoms with Crippen LogP contribution in [-0.4, -0.2) is 52.9 Å². The highest BCUT2D eigenvalue weighted by Gasteiger charge is 2.27. The van der Waals surface area contributed by atoms with Crippen LogP contribution >= 0.6 is 0 Å². The monoisotopic (exact) mass is 339 g/mol. The molecule has 0 spiro atoms. The minimum atomic E-state index is -0.702. The number of benzene rings is 1. The summed E-state index contributed by atoms with van der Waals surface area (Å²) in [6.45, 7) is 6.62. The first kappa shape index (κ1) is 16.9. The van der Waals surface area contributed by atoms with Gasteiger partial charge in [-0.3, -0.25) is 14.9 Å². The van der Waals surface area contributed by atoms with Gasteiger partial charge in [0, 0.05) is 44.3 Å². The zero-order chi connectivity index (χ0) is 17.8. The van der Waals surface area contributed by atoms with Gasteiger partial charge in [-0.25, -0.2) is 9.97 Å².